The highest BCUT2D eigenvalue weighted by Crippen LogP contribution is 2.54. The maximum absolute atomic E-state index is 14.2. The summed E-state index contributed by atoms with van der Waals surface area (Å²) in [5, 5.41) is 11.8. The fraction of sp³-hybridized carbons (Fsp3) is 0.302. The first-order chi connectivity index (χ1) is 32.3. The first-order valence-corrected chi connectivity index (χ1v) is 24.3. The van der Waals surface area contributed by atoms with Gasteiger partial charge < -0.3 is 33.5 Å². The highest BCUT2D eigenvalue weighted by molar-refractivity contribution is 14.1. The molecule has 4 aliphatic heterocycles. The molecule has 0 aliphatic carbocycles. The highest BCUT2D eigenvalue weighted by Gasteiger charge is 2.48. The maximum atomic E-state index is 14.2. The van der Waals surface area contributed by atoms with Gasteiger partial charge in [-0.05, 0) is 173 Å². The van der Waals surface area contributed by atoms with E-state index >= 15 is 0 Å². The molecule has 0 radical (unpaired) electrons. The van der Waals surface area contributed by atoms with Crippen molar-refractivity contribution in [3.05, 3.63) is 185 Å². The smallest absolute Gasteiger partial charge is 0.199 e. The van der Waals surface area contributed by atoms with Crippen LogP contribution in [0.25, 0.3) is 0 Å². The first kappa shape index (κ1) is 47.3. The van der Waals surface area contributed by atoms with Crippen LogP contribution in [-0.2, 0) is 15.1 Å². The number of halogens is 6. The van der Waals surface area contributed by atoms with E-state index in [1.54, 1.807) is 43.3 Å². The van der Waals surface area contributed by atoms with Crippen molar-refractivity contribution in [2.45, 2.75) is 87.7 Å². The van der Waals surface area contributed by atoms with Crippen LogP contribution in [0.15, 0.2) is 121 Å². The van der Waals surface area contributed by atoms with Gasteiger partial charge in [0.05, 0.1) is 30.6 Å². The molecule has 4 heterocycles. The van der Waals surface area contributed by atoms with E-state index in [0.717, 1.165) is 68.9 Å². The maximum Gasteiger partial charge on any atom is 0.199 e. The molecule has 1 N–H and O–H groups in total. The monoisotopic (exact) mass is 1140 g/mol. The molecule has 67 heavy (non-hydrogen) atoms. The van der Waals surface area contributed by atoms with Gasteiger partial charge in [-0.2, -0.15) is 0 Å². The minimum Gasteiger partial charge on any atom is -0.484 e. The van der Waals surface area contributed by atoms with E-state index < -0.39 is 52.9 Å². The quantitative estimate of drug-likeness (QED) is 0.119. The number of carbonyl (C=O) groups excluding carboxylic acids is 1. The lowest BCUT2D eigenvalue weighted by Gasteiger charge is -2.44. The van der Waals surface area contributed by atoms with Gasteiger partial charge in [0.25, 0.3) is 0 Å². The van der Waals surface area contributed by atoms with Crippen molar-refractivity contribution >= 4 is 51.0 Å². The first-order valence-electron chi connectivity index (χ1n) is 22.2. The second-order valence-electron chi connectivity index (χ2n) is 17.2. The zero-order valence-corrected chi connectivity index (χ0v) is 40.6. The number of ether oxygens (including phenoxy) is 6. The van der Waals surface area contributed by atoms with Crippen molar-refractivity contribution in [3.63, 3.8) is 0 Å². The van der Waals surface area contributed by atoms with Crippen LogP contribution in [0.1, 0.15) is 108 Å². The van der Waals surface area contributed by atoms with Crippen LogP contribution in [0.3, 0.4) is 0 Å². The van der Waals surface area contributed by atoms with Crippen LogP contribution in [0, 0.1) is 30.4 Å². The van der Waals surface area contributed by atoms with Gasteiger partial charge in [-0.1, -0.05) is 24.3 Å². The number of hydrogen-bond donors (Lipinski definition) is 1. The minimum atomic E-state index is -1.47. The zero-order valence-electron chi connectivity index (χ0n) is 36.2. The molecular weight excluding hydrogens is 1090 g/mol. The lowest BCUT2D eigenvalue weighted by Crippen LogP contribution is -2.40. The fourth-order valence-corrected chi connectivity index (χ4v) is 9.94. The fourth-order valence-electron chi connectivity index (χ4n) is 9.22. The molecule has 0 amide bonds. The number of ketones is 1. The van der Waals surface area contributed by atoms with E-state index in [9.17, 15) is 27.5 Å². The van der Waals surface area contributed by atoms with E-state index in [2.05, 4.69) is 45.2 Å². The molecule has 6 aromatic carbocycles. The molecule has 4 aliphatic rings. The Kier molecular flexibility index (Phi) is 14.4. The summed E-state index contributed by atoms with van der Waals surface area (Å²) in [6, 6.07) is 32.1. The Balaban J connectivity index is 0.000000168. The van der Waals surface area contributed by atoms with E-state index in [1.165, 1.54) is 24.3 Å². The van der Waals surface area contributed by atoms with Gasteiger partial charge in [-0.15, -0.1) is 0 Å². The van der Waals surface area contributed by atoms with E-state index in [0.29, 0.717) is 52.9 Å². The van der Waals surface area contributed by atoms with Crippen LogP contribution < -0.4 is 18.9 Å². The Morgan fingerprint density at radius 1 is 0.567 bits per heavy atom. The standard InChI is InChI=1S/C27H25F2IO4.C26H21F2IO4/c1-27(31)22-10-9-21(33-24-4-2-3-11-32-24)15-23(22)34-26(16-5-7-20(30)8-6-16)25(27)17-12-18(28)14-19(29)13-17;27-17-11-16(12-18(28)13-17)24-25(30)21-9-8-20(32-23-3-1-2-10-31-23)14-22(21)33-26(24)15-4-6-19(29)7-5-15/h5-10,12-15,24-26,31H,2-4,11H2,1H3;4-9,11-14,23-24,26H,1-3,10H2. The number of benzene rings is 6. The minimum absolute atomic E-state index is 0.239. The van der Waals surface area contributed by atoms with Crippen molar-refractivity contribution < 1.29 is 55.9 Å². The van der Waals surface area contributed by atoms with Gasteiger partial charge in [0.2, 0.25) is 0 Å². The summed E-state index contributed by atoms with van der Waals surface area (Å²) >= 11 is 4.40. The summed E-state index contributed by atoms with van der Waals surface area (Å²) in [4.78, 5) is 13.6. The van der Waals surface area contributed by atoms with Crippen molar-refractivity contribution in [3.8, 4) is 23.0 Å². The third-order valence-electron chi connectivity index (χ3n) is 12.4. The predicted molar refractivity (Wildman–Crippen MR) is 258 cm³/mol. The van der Waals surface area contributed by atoms with Crippen LogP contribution in [0.4, 0.5) is 17.6 Å². The molecule has 2 saturated heterocycles. The van der Waals surface area contributed by atoms with Crippen molar-refractivity contribution in [1.82, 2.24) is 0 Å². The topological polar surface area (TPSA) is 92.7 Å². The second-order valence-corrected chi connectivity index (χ2v) is 19.7. The third-order valence-corrected chi connectivity index (χ3v) is 13.9. The molecule has 0 bridgehead atoms. The van der Waals surface area contributed by atoms with E-state index in [-0.39, 0.29) is 23.9 Å². The van der Waals surface area contributed by atoms with Gasteiger partial charge in [-0.25, -0.2) is 17.6 Å². The summed E-state index contributed by atoms with van der Waals surface area (Å²) in [5.41, 5.74) is 1.51. The van der Waals surface area contributed by atoms with Gasteiger partial charge in [0.15, 0.2) is 18.4 Å². The molecule has 0 aromatic heterocycles. The molecule has 14 heteroatoms. The molecule has 7 atom stereocenters. The molecule has 2 fully saturated rings. The number of Topliss-reactive ketones (excluding diaryl/α,β-unsaturated/α-hetero) is 1. The number of rotatable bonds is 8. The summed E-state index contributed by atoms with van der Waals surface area (Å²) in [7, 11) is 0. The summed E-state index contributed by atoms with van der Waals surface area (Å²) in [6.45, 7) is 2.99. The van der Waals surface area contributed by atoms with Crippen molar-refractivity contribution in [2.75, 3.05) is 13.2 Å². The molecule has 6 aromatic rings. The van der Waals surface area contributed by atoms with E-state index in [1.807, 2.05) is 48.5 Å². The molecule has 0 saturated carbocycles. The third kappa shape index (κ3) is 10.8. The lowest BCUT2D eigenvalue weighted by molar-refractivity contribution is -0.106. The second kappa shape index (κ2) is 20.5. The molecule has 10 rings (SSSR count). The van der Waals surface area contributed by atoms with Gasteiger partial charge >= 0.3 is 0 Å². The molecule has 348 valence electrons. The van der Waals surface area contributed by atoms with Crippen molar-refractivity contribution in [1.29, 1.82) is 0 Å². The zero-order chi connectivity index (χ0) is 46.8. The predicted octanol–water partition coefficient (Wildman–Crippen LogP) is 13.2. The summed E-state index contributed by atoms with van der Waals surface area (Å²) in [5.74, 6) is -2.80. The summed E-state index contributed by atoms with van der Waals surface area (Å²) in [6.07, 6.45) is 3.66. The van der Waals surface area contributed by atoms with Gasteiger partial charge in [0, 0.05) is 49.8 Å². The average molecular weight is 1140 g/mol. The number of fused-ring (bicyclic) bond motifs is 2. The van der Waals surface area contributed by atoms with Crippen LogP contribution in [0.2, 0.25) is 0 Å². The molecule has 7 unspecified atom stereocenters. The normalized spacial score (nSPS) is 24.4. The lowest BCUT2D eigenvalue weighted by atomic mass is 9.71. The van der Waals surface area contributed by atoms with Crippen LogP contribution in [-0.4, -0.2) is 36.7 Å². The van der Waals surface area contributed by atoms with E-state index in [4.69, 9.17) is 28.4 Å². The average Bonchev–Trinajstić information content (AvgIpc) is 3.29. The number of hydrogen-bond acceptors (Lipinski definition) is 8. The van der Waals surface area contributed by atoms with Gasteiger partial charge in [0.1, 0.15) is 64.1 Å². The van der Waals surface area contributed by atoms with Crippen molar-refractivity contribution in [2.24, 2.45) is 0 Å². The SMILES string of the molecule is CC1(O)c2ccc(OC3CCCCO3)cc2OC(c2ccc(I)cc2)C1c1cc(F)cc(F)c1.O=C1c2ccc(OC3CCCCO3)cc2OC(c2ccc(I)cc2)C1c1cc(F)cc(F)c1. The Morgan fingerprint density at radius 3 is 1.57 bits per heavy atom. The van der Waals surface area contributed by atoms with Gasteiger partial charge in [-0.3, -0.25) is 4.79 Å². The number of aliphatic hydroxyl groups is 1. The summed E-state index contributed by atoms with van der Waals surface area (Å²) < 4.78 is 94.6. The molecule has 0 spiro atoms. The Hall–Kier alpha value is -4.75. The van der Waals surface area contributed by atoms with Crippen LogP contribution >= 0.6 is 45.2 Å². The molecular formula is C53H46F4I2O8. The number of carbonyl (C=O) groups is 1. The molecule has 8 nitrogen and oxygen atoms in total. The Labute approximate surface area is 413 Å². The van der Waals surface area contributed by atoms with Crippen LogP contribution in [0.5, 0.6) is 23.0 Å². The largest absolute Gasteiger partial charge is 0.484 e. The Morgan fingerprint density at radius 2 is 1.04 bits per heavy atom. The highest BCUT2D eigenvalue weighted by atomic mass is 127. The Bertz CT molecular complexity index is 2680.